The summed E-state index contributed by atoms with van der Waals surface area (Å²) < 4.78 is 88.9. The molecule has 0 saturated heterocycles. The lowest BCUT2D eigenvalue weighted by atomic mass is 10.0. The Balaban J connectivity index is 2.91. The van der Waals surface area contributed by atoms with E-state index in [0.29, 0.717) is 0 Å². The number of benzene rings is 2. The summed E-state index contributed by atoms with van der Waals surface area (Å²) in [6.45, 7) is 17.1. The van der Waals surface area contributed by atoms with E-state index in [4.69, 9.17) is 4.74 Å². The van der Waals surface area contributed by atoms with Crippen molar-refractivity contribution in [1.82, 2.24) is 0 Å². The van der Waals surface area contributed by atoms with Crippen molar-refractivity contribution >= 4 is 40.7 Å². The standard InChI is InChI=1S/C27H35F4NO5SSi/c1-16(2)39(17(3)4,18(5)6)14-13-19-11-10-12-20-15-21(32-25(33)36-26(7,8)9)23(28)24(22(19)20)37-38(34,35)27(29,30)31/h10-12,15-18H,1-9H3,(H,32,33). The molecule has 0 atom stereocenters. The van der Waals surface area contributed by atoms with Gasteiger partial charge in [0.2, 0.25) is 0 Å². The average molecular weight is 590 g/mol. The highest BCUT2D eigenvalue weighted by atomic mass is 32.2. The molecule has 0 fully saturated rings. The normalized spacial score (nSPS) is 13.0. The second-order valence-corrected chi connectivity index (χ2v) is 18.3. The molecule has 0 unspecified atom stereocenters. The van der Waals surface area contributed by atoms with Gasteiger partial charge in [0.1, 0.15) is 13.7 Å². The molecule has 0 saturated carbocycles. The van der Waals surface area contributed by atoms with Crippen molar-refractivity contribution in [3.8, 4) is 17.2 Å². The van der Waals surface area contributed by atoms with Gasteiger partial charge in [-0.1, -0.05) is 59.6 Å². The number of alkyl halides is 3. The monoisotopic (exact) mass is 589 g/mol. The molecule has 0 bridgehead atoms. The van der Waals surface area contributed by atoms with Gasteiger partial charge in [0.15, 0.2) is 11.6 Å². The molecule has 0 radical (unpaired) electrons. The first-order valence-electron chi connectivity index (χ1n) is 12.4. The Kier molecular flexibility index (Phi) is 9.46. The number of fused-ring (bicyclic) bond motifs is 1. The summed E-state index contributed by atoms with van der Waals surface area (Å²) >= 11 is 0. The van der Waals surface area contributed by atoms with Crippen molar-refractivity contribution in [2.24, 2.45) is 0 Å². The molecule has 2 aromatic carbocycles. The number of halogens is 4. The van der Waals surface area contributed by atoms with Crippen molar-refractivity contribution in [1.29, 1.82) is 0 Å². The van der Waals surface area contributed by atoms with Crippen LogP contribution in [0.2, 0.25) is 16.6 Å². The van der Waals surface area contributed by atoms with Crippen LogP contribution in [0.1, 0.15) is 67.9 Å². The van der Waals surface area contributed by atoms with Gasteiger partial charge in [-0.05, 0) is 54.9 Å². The molecule has 2 aromatic rings. The Morgan fingerprint density at radius 2 is 1.54 bits per heavy atom. The molecule has 0 aliphatic carbocycles. The fourth-order valence-electron chi connectivity index (χ4n) is 4.85. The number of anilines is 1. The molecular formula is C27H35F4NO5SSi. The topological polar surface area (TPSA) is 81.7 Å². The quantitative estimate of drug-likeness (QED) is 0.121. The van der Waals surface area contributed by atoms with Crippen LogP contribution in [0.3, 0.4) is 0 Å². The molecule has 216 valence electrons. The van der Waals surface area contributed by atoms with Gasteiger partial charge in [-0.3, -0.25) is 5.32 Å². The molecule has 0 aromatic heterocycles. The van der Waals surface area contributed by atoms with E-state index in [9.17, 15) is 26.4 Å². The Morgan fingerprint density at radius 3 is 2.00 bits per heavy atom. The average Bonchev–Trinajstić information content (AvgIpc) is 2.74. The molecule has 39 heavy (non-hydrogen) atoms. The Labute approximate surface area is 228 Å². The highest BCUT2D eigenvalue weighted by molar-refractivity contribution is 7.88. The van der Waals surface area contributed by atoms with Crippen molar-refractivity contribution in [2.45, 2.75) is 90.0 Å². The van der Waals surface area contributed by atoms with Crippen molar-refractivity contribution < 1.29 is 39.7 Å². The van der Waals surface area contributed by atoms with Crippen molar-refractivity contribution in [3.63, 3.8) is 0 Å². The number of nitrogens with one attached hydrogen (secondary N) is 1. The number of carbonyl (C=O) groups is 1. The predicted molar refractivity (Wildman–Crippen MR) is 147 cm³/mol. The molecule has 2 rings (SSSR count). The summed E-state index contributed by atoms with van der Waals surface area (Å²) in [5.41, 5.74) is -3.23. The number of amides is 1. The minimum absolute atomic E-state index is 0.0985. The van der Waals surface area contributed by atoms with Crippen LogP contribution in [0.15, 0.2) is 24.3 Å². The lowest BCUT2D eigenvalue weighted by Crippen LogP contribution is -2.43. The molecular weight excluding hydrogens is 554 g/mol. The van der Waals surface area contributed by atoms with E-state index in [2.05, 4.69) is 62.5 Å². The zero-order chi connectivity index (χ0) is 30.1. The molecule has 6 nitrogen and oxygen atoms in total. The summed E-state index contributed by atoms with van der Waals surface area (Å²) in [7, 11) is -8.59. The summed E-state index contributed by atoms with van der Waals surface area (Å²) in [5.74, 6) is 0.299. The van der Waals surface area contributed by atoms with Crippen LogP contribution >= 0.6 is 0 Å². The minimum atomic E-state index is -6.26. The van der Waals surface area contributed by atoms with Gasteiger partial charge in [0.05, 0.1) is 5.69 Å². The fourth-order valence-corrected chi connectivity index (χ4v) is 10.5. The Hall–Kier alpha value is -2.78. The third kappa shape index (κ3) is 7.05. The second kappa shape index (κ2) is 11.4. The van der Waals surface area contributed by atoms with Gasteiger partial charge in [-0.15, -0.1) is 5.54 Å². The zero-order valence-corrected chi connectivity index (χ0v) is 25.3. The molecule has 0 aliphatic rings. The molecule has 0 heterocycles. The number of carbonyl (C=O) groups excluding carboxylic acids is 1. The van der Waals surface area contributed by atoms with Gasteiger partial charge in [-0.2, -0.15) is 21.6 Å². The van der Waals surface area contributed by atoms with Crippen LogP contribution in [0, 0.1) is 17.3 Å². The Morgan fingerprint density at radius 1 is 1.00 bits per heavy atom. The molecule has 12 heteroatoms. The van der Waals surface area contributed by atoms with E-state index in [-0.39, 0.29) is 33.0 Å². The largest absolute Gasteiger partial charge is 0.534 e. The van der Waals surface area contributed by atoms with E-state index in [1.54, 1.807) is 26.8 Å². The lowest BCUT2D eigenvalue weighted by molar-refractivity contribution is -0.0500. The van der Waals surface area contributed by atoms with Crippen molar-refractivity contribution in [3.05, 3.63) is 35.6 Å². The number of hydrogen-bond acceptors (Lipinski definition) is 5. The summed E-state index contributed by atoms with van der Waals surface area (Å²) in [4.78, 5) is 12.3. The first-order chi connectivity index (χ1) is 17.6. The number of ether oxygens (including phenoxy) is 1. The number of hydrogen-bond donors (Lipinski definition) is 1. The van der Waals surface area contributed by atoms with Gasteiger partial charge in [0, 0.05) is 10.9 Å². The van der Waals surface area contributed by atoms with Crippen LogP contribution in [0.5, 0.6) is 5.75 Å². The maximum Gasteiger partial charge on any atom is 0.534 e. The van der Waals surface area contributed by atoms with Crippen LogP contribution in [0.25, 0.3) is 10.8 Å². The van der Waals surface area contributed by atoms with Crippen LogP contribution < -0.4 is 9.50 Å². The SMILES string of the molecule is CC(C)[Si](C#Cc1cccc2cc(NC(=O)OC(C)(C)C)c(F)c(OS(=O)(=O)C(F)(F)F)c12)(C(C)C)C(C)C. The first-order valence-corrected chi connectivity index (χ1v) is 16.1. The highest BCUT2D eigenvalue weighted by Crippen LogP contribution is 2.42. The Bertz CT molecular complexity index is 1380. The predicted octanol–water partition coefficient (Wildman–Crippen LogP) is 8.12. The second-order valence-electron chi connectivity index (χ2n) is 11.2. The van der Waals surface area contributed by atoms with Gasteiger partial charge < -0.3 is 8.92 Å². The molecule has 1 N–H and O–H groups in total. The van der Waals surface area contributed by atoms with E-state index >= 15 is 4.39 Å². The molecule has 0 aliphatic heterocycles. The van der Waals surface area contributed by atoms with Gasteiger partial charge >= 0.3 is 21.7 Å². The summed E-state index contributed by atoms with van der Waals surface area (Å²) in [6.07, 6.45) is -1.09. The maximum absolute atomic E-state index is 15.7. The molecule has 0 spiro atoms. The van der Waals surface area contributed by atoms with Gasteiger partial charge in [-0.25, -0.2) is 9.18 Å². The minimum Gasteiger partial charge on any atom is -0.444 e. The van der Waals surface area contributed by atoms with E-state index < -0.39 is 52.6 Å². The summed E-state index contributed by atoms with van der Waals surface area (Å²) in [5, 5.41) is 1.97. The van der Waals surface area contributed by atoms with Gasteiger partial charge in [0.25, 0.3) is 0 Å². The maximum atomic E-state index is 15.7. The van der Waals surface area contributed by atoms with E-state index in [1.165, 1.54) is 12.1 Å². The van der Waals surface area contributed by atoms with Crippen LogP contribution in [-0.4, -0.2) is 33.7 Å². The van der Waals surface area contributed by atoms with Crippen LogP contribution in [0.4, 0.5) is 28.0 Å². The van der Waals surface area contributed by atoms with E-state index in [0.717, 1.165) is 6.07 Å². The third-order valence-corrected chi connectivity index (χ3v) is 13.7. The fraction of sp³-hybridized carbons (Fsp3) is 0.519. The summed E-state index contributed by atoms with van der Waals surface area (Å²) in [6, 6.07) is 5.59. The third-order valence-electron chi connectivity index (χ3n) is 6.45. The zero-order valence-electron chi connectivity index (χ0n) is 23.5. The molecule has 1 amide bonds. The lowest BCUT2D eigenvalue weighted by Gasteiger charge is -2.38. The van der Waals surface area contributed by atoms with E-state index in [1.807, 2.05) is 0 Å². The number of rotatable bonds is 6. The van der Waals surface area contributed by atoms with Crippen molar-refractivity contribution in [2.75, 3.05) is 5.32 Å². The first kappa shape index (κ1) is 32.4. The highest BCUT2D eigenvalue weighted by Gasteiger charge is 2.49. The smallest absolute Gasteiger partial charge is 0.444 e. The van der Waals surface area contributed by atoms with Crippen LogP contribution in [-0.2, 0) is 14.9 Å².